The predicted molar refractivity (Wildman–Crippen MR) is 82.8 cm³/mol. The molecule has 2 aromatic carbocycles. The Morgan fingerprint density at radius 2 is 1.86 bits per heavy atom. The molecule has 0 spiro atoms. The molecule has 0 unspecified atom stereocenters. The molecule has 4 nitrogen and oxygen atoms in total. The highest BCUT2D eigenvalue weighted by Gasteiger charge is 2.07. The van der Waals surface area contributed by atoms with E-state index in [0.29, 0.717) is 11.1 Å². The lowest BCUT2D eigenvalue weighted by Crippen LogP contribution is -2.11. The number of hydrogen-bond acceptors (Lipinski definition) is 2. The second-order valence-corrected chi connectivity index (χ2v) is 4.95. The number of rotatable bonds is 3. The van der Waals surface area contributed by atoms with Gasteiger partial charge in [-0.25, -0.2) is 0 Å². The number of aldehydes is 1. The van der Waals surface area contributed by atoms with E-state index in [-0.39, 0.29) is 5.91 Å². The number of aromatic amines is 1. The van der Waals surface area contributed by atoms with Crippen LogP contribution in [0.3, 0.4) is 0 Å². The fraction of sp³-hybridized carbons (Fsp3) is 0.0588. The second kappa shape index (κ2) is 5.25. The first-order chi connectivity index (χ1) is 10.2. The predicted octanol–water partition coefficient (Wildman–Crippen LogP) is 3.54. The van der Waals surface area contributed by atoms with Gasteiger partial charge >= 0.3 is 0 Å². The van der Waals surface area contributed by atoms with E-state index in [1.807, 2.05) is 31.2 Å². The van der Waals surface area contributed by atoms with Crippen molar-refractivity contribution in [1.82, 2.24) is 4.98 Å². The fourth-order valence-corrected chi connectivity index (χ4v) is 2.27. The van der Waals surface area contributed by atoms with E-state index < -0.39 is 0 Å². The number of aromatic nitrogens is 1. The molecule has 3 rings (SSSR count). The fourth-order valence-electron chi connectivity index (χ4n) is 2.27. The zero-order valence-corrected chi connectivity index (χ0v) is 11.5. The van der Waals surface area contributed by atoms with Gasteiger partial charge in [0.25, 0.3) is 5.91 Å². The molecule has 2 N–H and O–H groups in total. The van der Waals surface area contributed by atoms with Gasteiger partial charge in [0, 0.05) is 33.4 Å². The normalized spacial score (nSPS) is 10.5. The number of carbonyl (C=O) groups is 2. The maximum absolute atomic E-state index is 12.1. The summed E-state index contributed by atoms with van der Waals surface area (Å²) in [5, 5.41) is 3.91. The molecule has 0 radical (unpaired) electrons. The molecule has 1 aromatic heterocycles. The van der Waals surface area contributed by atoms with Crippen molar-refractivity contribution in [2.45, 2.75) is 6.92 Å². The average Bonchev–Trinajstić information content (AvgIpc) is 2.86. The van der Waals surface area contributed by atoms with Gasteiger partial charge in [-0.2, -0.15) is 0 Å². The Morgan fingerprint density at radius 1 is 1.10 bits per heavy atom. The van der Waals surface area contributed by atoms with E-state index in [0.717, 1.165) is 28.6 Å². The van der Waals surface area contributed by atoms with E-state index in [1.165, 1.54) is 0 Å². The van der Waals surface area contributed by atoms with Gasteiger partial charge in [-0.3, -0.25) is 9.59 Å². The minimum atomic E-state index is -0.195. The molecule has 0 fully saturated rings. The van der Waals surface area contributed by atoms with E-state index in [9.17, 15) is 9.59 Å². The van der Waals surface area contributed by atoms with Gasteiger partial charge < -0.3 is 10.3 Å². The van der Waals surface area contributed by atoms with E-state index >= 15 is 0 Å². The van der Waals surface area contributed by atoms with Crippen molar-refractivity contribution in [3.05, 3.63) is 65.4 Å². The molecule has 0 saturated heterocycles. The largest absolute Gasteiger partial charge is 0.359 e. The van der Waals surface area contributed by atoms with Crippen LogP contribution >= 0.6 is 0 Å². The van der Waals surface area contributed by atoms with Gasteiger partial charge in [0.2, 0.25) is 0 Å². The quantitative estimate of drug-likeness (QED) is 0.720. The smallest absolute Gasteiger partial charge is 0.255 e. The molecule has 0 saturated carbocycles. The molecule has 4 heteroatoms. The van der Waals surface area contributed by atoms with Crippen LogP contribution in [-0.4, -0.2) is 17.2 Å². The number of anilines is 1. The summed E-state index contributed by atoms with van der Waals surface area (Å²) in [5.41, 5.74) is 3.94. The van der Waals surface area contributed by atoms with Crippen LogP contribution in [0.4, 0.5) is 5.69 Å². The standard InChI is InChI=1S/C17H14N2O2/c1-11-8-14-9-15(6-7-16(14)18-11)19-17(21)13-4-2-12(10-20)3-5-13/h2-10,18H,1H3,(H,19,21). The Bertz CT molecular complexity index is 816. The van der Waals surface area contributed by atoms with Gasteiger partial charge in [0.15, 0.2) is 0 Å². The van der Waals surface area contributed by atoms with Crippen molar-refractivity contribution in [3.8, 4) is 0 Å². The third-order valence-corrected chi connectivity index (χ3v) is 3.32. The number of H-pyrrole nitrogens is 1. The van der Waals surface area contributed by atoms with Gasteiger partial charge in [-0.1, -0.05) is 12.1 Å². The van der Waals surface area contributed by atoms with Crippen LogP contribution in [0.5, 0.6) is 0 Å². The van der Waals surface area contributed by atoms with E-state index in [4.69, 9.17) is 0 Å². The molecule has 21 heavy (non-hydrogen) atoms. The highest BCUT2D eigenvalue weighted by molar-refractivity contribution is 6.05. The van der Waals surface area contributed by atoms with Crippen molar-refractivity contribution in [2.75, 3.05) is 5.32 Å². The summed E-state index contributed by atoms with van der Waals surface area (Å²) < 4.78 is 0. The zero-order chi connectivity index (χ0) is 14.8. The van der Waals surface area contributed by atoms with Crippen LogP contribution in [0.1, 0.15) is 26.4 Å². The molecular formula is C17H14N2O2. The maximum Gasteiger partial charge on any atom is 0.255 e. The van der Waals surface area contributed by atoms with Gasteiger partial charge in [-0.05, 0) is 43.3 Å². The van der Waals surface area contributed by atoms with E-state index in [2.05, 4.69) is 10.3 Å². The second-order valence-electron chi connectivity index (χ2n) is 4.95. The molecule has 1 heterocycles. The highest BCUT2D eigenvalue weighted by Crippen LogP contribution is 2.20. The molecule has 0 aliphatic heterocycles. The first-order valence-corrected chi connectivity index (χ1v) is 6.62. The van der Waals surface area contributed by atoms with Gasteiger partial charge in [0.1, 0.15) is 6.29 Å². The Labute approximate surface area is 121 Å². The molecule has 0 atom stereocenters. The van der Waals surface area contributed by atoms with Crippen molar-refractivity contribution >= 4 is 28.8 Å². The number of amides is 1. The molecule has 3 aromatic rings. The van der Waals surface area contributed by atoms with Crippen molar-refractivity contribution in [3.63, 3.8) is 0 Å². The lowest BCUT2D eigenvalue weighted by molar-refractivity contribution is 0.102. The Hall–Kier alpha value is -2.88. The average molecular weight is 278 g/mol. The zero-order valence-electron chi connectivity index (χ0n) is 11.5. The van der Waals surface area contributed by atoms with Crippen molar-refractivity contribution in [2.24, 2.45) is 0 Å². The lowest BCUT2D eigenvalue weighted by atomic mass is 10.1. The Balaban J connectivity index is 1.82. The van der Waals surface area contributed by atoms with Crippen LogP contribution in [-0.2, 0) is 0 Å². The first-order valence-electron chi connectivity index (χ1n) is 6.62. The summed E-state index contributed by atoms with van der Waals surface area (Å²) in [7, 11) is 0. The van der Waals surface area contributed by atoms with Crippen molar-refractivity contribution in [1.29, 1.82) is 0 Å². The third-order valence-electron chi connectivity index (χ3n) is 3.32. The lowest BCUT2D eigenvalue weighted by Gasteiger charge is -2.05. The van der Waals surface area contributed by atoms with Crippen LogP contribution in [0.25, 0.3) is 10.9 Å². The maximum atomic E-state index is 12.1. The topological polar surface area (TPSA) is 62.0 Å². The Morgan fingerprint density at radius 3 is 2.57 bits per heavy atom. The summed E-state index contributed by atoms with van der Waals surface area (Å²) in [6.07, 6.45) is 0.754. The summed E-state index contributed by atoms with van der Waals surface area (Å²) in [4.78, 5) is 26.0. The molecule has 1 amide bonds. The molecule has 0 bridgehead atoms. The number of benzene rings is 2. The molecule has 104 valence electrons. The Kier molecular flexibility index (Phi) is 3.28. The number of hydrogen-bond donors (Lipinski definition) is 2. The van der Waals surface area contributed by atoms with Crippen molar-refractivity contribution < 1.29 is 9.59 Å². The summed E-state index contributed by atoms with van der Waals surface area (Å²) >= 11 is 0. The van der Waals surface area contributed by atoms with Crippen LogP contribution < -0.4 is 5.32 Å². The van der Waals surface area contributed by atoms with Gasteiger partial charge in [-0.15, -0.1) is 0 Å². The number of carbonyl (C=O) groups excluding carboxylic acids is 2. The molecule has 0 aliphatic rings. The number of nitrogens with one attached hydrogen (secondary N) is 2. The molecular weight excluding hydrogens is 264 g/mol. The van der Waals surface area contributed by atoms with Crippen LogP contribution in [0, 0.1) is 6.92 Å². The van der Waals surface area contributed by atoms with E-state index in [1.54, 1.807) is 24.3 Å². The minimum absolute atomic E-state index is 0.195. The van der Waals surface area contributed by atoms with Crippen LogP contribution in [0.15, 0.2) is 48.5 Å². The summed E-state index contributed by atoms with van der Waals surface area (Å²) in [5.74, 6) is -0.195. The summed E-state index contributed by atoms with van der Waals surface area (Å²) in [6, 6.07) is 14.3. The van der Waals surface area contributed by atoms with Gasteiger partial charge in [0.05, 0.1) is 0 Å². The number of fused-ring (bicyclic) bond motifs is 1. The molecule has 0 aliphatic carbocycles. The SMILES string of the molecule is Cc1cc2cc(NC(=O)c3ccc(C=O)cc3)ccc2[nH]1. The number of aryl methyl sites for hydroxylation is 1. The van der Waals surface area contributed by atoms with Crippen LogP contribution in [0.2, 0.25) is 0 Å². The minimum Gasteiger partial charge on any atom is -0.359 e. The highest BCUT2D eigenvalue weighted by atomic mass is 16.1. The third kappa shape index (κ3) is 2.69. The monoisotopic (exact) mass is 278 g/mol. The first kappa shape index (κ1) is 13.1. The summed E-state index contributed by atoms with van der Waals surface area (Å²) in [6.45, 7) is 1.99.